The van der Waals surface area contributed by atoms with E-state index in [4.69, 9.17) is 14.2 Å². The highest BCUT2D eigenvalue weighted by Gasteiger charge is 2.18. The van der Waals surface area contributed by atoms with Crippen molar-refractivity contribution in [1.82, 2.24) is 4.90 Å². The van der Waals surface area contributed by atoms with Gasteiger partial charge in [0.15, 0.2) is 0 Å². The van der Waals surface area contributed by atoms with Gasteiger partial charge in [-0.05, 0) is 67.4 Å². The number of anilines is 1. The minimum absolute atomic E-state index is 0.121. The van der Waals surface area contributed by atoms with E-state index in [0.717, 1.165) is 42.8 Å². The van der Waals surface area contributed by atoms with Crippen LogP contribution in [0, 0.1) is 5.92 Å². The molecule has 0 spiro atoms. The molecule has 1 N–H and O–H groups in total. The SMILES string of the molecule is CCCCOc1cc(C(=O)OCCN(CC)CC)ccc1NC(=O)[C@H](C)Cc1ccc(OCc2ccccc2)cc1. The van der Waals surface area contributed by atoms with Crippen LogP contribution in [0.5, 0.6) is 11.5 Å². The molecule has 3 rings (SSSR count). The van der Waals surface area contributed by atoms with Crippen LogP contribution in [0.3, 0.4) is 0 Å². The number of hydrogen-bond acceptors (Lipinski definition) is 6. The van der Waals surface area contributed by atoms with E-state index >= 15 is 0 Å². The highest BCUT2D eigenvalue weighted by Crippen LogP contribution is 2.28. The van der Waals surface area contributed by atoms with Crippen molar-refractivity contribution in [3.05, 3.63) is 89.5 Å². The van der Waals surface area contributed by atoms with Crippen molar-refractivity contribution in [2.45, 2.75) is 53.6 Å². The summed E-state index contributed by atoms with van der Waals surface area (Å²) in [4.78, 5) is 28.0. The molecule has 0 aliphatic heterocycles. The highest BCUT2D eigenvalue weighted by molar-refractivity contribution is 5.96. The first-order valence-corrected chi connectivity index (χ1v) is 14.7. The lowest BCUT2D eigenvalue weighted by molar-refractivity contribution is -0.119. The van der Waals surface area contributed by atoms with Gasteiger partial charge in [0.2, 0.25) is 5.91 Å². The van der Waals surface area contributed by atoms with E-state index in [0.29, 0.717) is 49.8 Å². The molecule has 3 aromatic carbocycles. The van der Waals surface area contributed by atoms with Crippen molar-refractivity contribution >= 4 is 17.6 Å². The minimum Gasteiger partial charge on any atom is -0.491 e. The summed E-state index contributed by atoms with van der Waals surface area (Å²) in [5.41, 5.74) is 3.10. The van der Waals surface area contributed by atoms with Gasteiger partial charge in [0.1, 0.15) is 24.7 Å². The van der Waals surface area contributed by atoms with Crippen molar-refractivity contribution in [1.29, 1.82) is 0 Å². The van der Waals surface area contributed by atoms with Crippen molar-refractivity contribution in [3.8, 4) is 11.5 Å². The van der Waals surface area contributed by atoms with E-state index < -0.39 is 5.97 Å². The van der Waals surface area contributed by atoms with E-state index in [1.165, 1.54) is 0 Å². The van der Waals surface area contributed by atoms with Crippen LogP contribution in [0.2, 0.25) is 0 Å². The Kier molecular flexibility index (Phi) is 13.2. The molecule has 0 saturated heterocycles. The van der Waals surface area contributed by atoms with Crippen LogP contribution in [-0.2, 0) is 22.6 Å². The van der Waals surface area contributed by atoms with Gasteiger partial charge >= 0.3 is 5.97 Å². The summed E-state index contributed by atoms with van der Waals surface area (Å²) in [5, 5.41) is 3.00. The first-order chi connectivity index (χ1) is 19.9. The molecule has 41 heavy (non-hydrogen) atoms. The number of unbranched alkanes of at least 4 members (excludes halogenated alkanes) is 1. The average molecular weight is 561 g/mol. The number of esters is 1. The number of carbonyl (C=O) groups is 2. The van der Waals surface area contributed by atoms with Gasteiger partial charge < -0.3 is 24.4 Å². The zero-order chi connectivity index (χ0) is 29.5. The van der Waals surface area contributed by atoms with Gasteiger partial charge in [-0.1, -0.05) is 76.6 Å². The summed E-state index contributed by atoms with van der Waals surface area (Å²) in [7, 11) is 0. The number of nitrogens with one attached hydrogen (secondary N) is 1. The quantitative estimate of drug-likeness (QED) is 0.145. The molecule has 1 amide bonds. The number of benzene rings is 3. The highest BCUT2D eigenvalue weighted by atomic mass is 16.5. The number of rotatable bonds is 17. The Morgan fingerprint density at radius 1 is 0.854 bits per heavy atom. The van der Waals surface area contributed by atoms with Crippen LogP contribution < -0.4 is 14.8 Å². The molecule has 0 unspecified atom stereocenters. The topological polar surface area (TPSA) is 77.1 Å². The van der Waals surface area contributed by atoms with Crippen LogP contribution in [0.4, 0.5) is 5.69 Å². The second-order valence-corrected chi connectivity index (χ2v) is 10.1. The molecule has 7 nitrogen and oxygen atoms in total. The van der Waals surface area contributed by atoms with Crippen LogP contribution in [0.1, 0.15) is 62.0 Å². The molecule has 3 aromatic rings. The fraction of sp³-hybridized carbons (Fsp3) is 0.412. The Morgan fingerprint density at radius 3 is 2.27 bits per heavy atom. The molecule has 0 saturated carbocycles. The summed E-state index contributed by atoms with van der Waals surface area (Å²) in [5.74, 6) is 0.455. The van der Waals surface area contributed by atoms with Gasteiger partial charge in [0, 0.05) is 12.5 Å². The largest absolute Gasteiger partial charge is 0.491 e. The second-order valence-electron chi connectivity index (χ2n) is 10.1. The van der Waals surface area contributed by atoms with Gasteiger partial charge in [-0.3, -0.25) is 4.79 Å². The second kappa shape index (κ2) is 17.1. The molecular weight excluding hydrogens is 516 g/mol. The predicted octanol–water partition coefficient (Wildman–Crippen LogP) is 6.76. The van der Waals surface area contributed by atoms with E-state index in [-0.39, 0.29) is 11.8 Å². The zero-order valence-corrected chi connectivity index (χ0v) is 24.9. The zero-order valence-electron chi connectivity index (χ0n) is 24.9. The summed E-state index contributed by atoms with van der Waals surface area (Å²) in [6, 6.07) is 22.9. The molecule has 0 aromatic heterocycles. The third-order valence-corrected chi connectivity index (χ3v) is 6.93. The summed E-state index contributed by atoms with van der Waals surface area (Å²) in [6.45, 7) is 12.0. The monoisotopic (exact) mass is 560 g/mol. The minimum atomic E-state index is -0.403. The first kappa shape index (κ1) is 31.7. The number of ether oxygens (including phenoxy) is 3. The molecule has 0 fully saturated rings. The number of carbonyl (C=O) groups excluding carboxylic acids is 2. The lowest BCUT2D eigenvalue weighted by atomic mass is 10.00. The molecule has 0 aliphatic rings. The average Bonchev–Trinajstić information content (AvgIpc) is 3.00. The van der Waals surface area contributed by atoms with Crippen molar-refractivity contribution in [2.75, 3.05) is 38.2 Å². The predicted molar refractivity (Wildman–Crippen MR) is 164 cm³/mol. The summed E-state index contributed by atoms with van der Waals surface area (Å²) < 4.78 is 17.3. The van der Waals surface area contributed by atoms with Gasteiger partial charge in [-0.15, -0.1) is 0 Å². The lowest BCUT2D eigenvalue weighted by Crippen LogP contribution is -2.28. The van der Waals surface area contributed by atoms with Crippen LogP contribution in [-0.4, -0.2) is 49.6 Å². The number of nitrogens with zero attached hydrogens (tertiary/aromatic N) is 1. The van der Waals surface area contributed by atoms with Crippen molar-refractivity contribution in [2.24, 2.45) is 5.92 Å². The van der Waals surface area contributed by atoms with Crippen molar-refractivity contribution < 1.29 is 23.8 Å². The Hall–Kier alpha value is -3.84. The molecule has 0 bridgehead atoms. The molecule has 7 heteroatoms. The maximum atomic E-state index is 13.1. The molecular formula is C34H44N2O5. The van der Waals surface area contributed by atoms with Crippen LogP contribution >= 0.6 is 0 Å². The standard InChI is InChI=1S/C34H44N2O5/c1-5-8-21-39-32-24-29(34(38)40-22-20-36(6-2)7-3)16-19-31(32)35-33(37)26(4)23-27-14-17-30(18-15-27)41-25-28-12-10-9-11-13-28/h9-19,24,26H,5-8,20-23,25H2,1-4H3,(H,35,37)/t26-/m1/s1. The fourth-order valence-corrected chi connectivity index (χ4v) is 4.25. The molecule has 1 atom stereocenters. The molecule has 0 heterocycles. The van der Waals surface area contributed by atoms with Gasteiger partial charge in [-0.25, -0.2) is 4.79 Å². The Bertz CT molecular complexity index is 1210. The van der Waals surface area contributed by atoms with Gasteiger partial charge in [-0.2, -0.15) is 0 Å². The van der Waals surface area contributed by atoms with Crippen LogP contribution in [0.15, 0.2) is 72.8 Å². The summed E-state index contributed by atoms with van der Waals surface area (Å²) in [6.07, 6.45) is 2.42. The lowest BCUT2D eigenvalue weighted by Gasteiger charge is -2.18. The normalized spacial score (nSPS) is 11.6. The van der Waals surface area contributed by atoms with Gasteiger partial charge in [0.05, 0.1) is 17.9 Å². The van der Waals surface area contributed by atoms with E-state index in [1.54, 1.807) is 18.2 Å². The maximum Gasteiger partial charge on any atom is 0.338 e. The van der Waals surface area contributed by atoms with Crippen LogP contribution in [0.25, 0.3) is 0 Å². The maximum absolute atomic E-state index is 13.1. The molecule has 0 radical (unpaired) electrons. The number of hydrogen-bond donors (Lipinski definition) is 1. The summed E-state index contributed by atoms with van der Waals surface area (Å²) >= 11 is 0. The molecule has 220 valence electrons. The van der Waals surface area contributed by atoms with Gasteiger partial charge in [0.25, 0.3) is 0 Å². The Balaban J connectivity index is 1.58. The third kappa shape index (κ3) is 10.6. The first-order valence-electron chi connectivity index (χ1n) is 14.7. The Labute approximate surface area is 244 Å². The third-order valence-electron chi connectivity index (χ3n) is 6.93. The van der Waals surface area contributed by atoms with E-state index in [2.05, 4.69) is 31.0 Å². The van der Waals surface area contributed by atoms with E-state index in [9.17, 15) is 9.59 Å². The Morgan fingerprint density at radius 2 is 1.59 bits per heavy atom. The fourth-order valence-electron chi connectivity index (χ4n) is 4.25. The molecule has 0 aliphatic carbocycles. The number of amides is 1. The number of likely N-dealkylation sites (N-methyl/N-ethyl adjacent to an activating group) is 1. The smallest absolute Gasteiger partial charge is 0.338 e. The van der Waals surface area contributed by atoms with Crippen molar-refractivity contribution in [3.63, 3.8) is 0 Å². The van der Waals surface area contributed by atoms with E-state index in [1.807, 2.05) is 61.5 Å².